The van der Waals surface area contributed by atoms with E-state index in [1.54, 1.807) is 69.7 Å². The topological polar surface area (TPSA) is 124 Å². The summed E-state index contributed by atoms with van der Waals surface area (Å²) in [5, 5.41) is 14.4. The first-order valence-corrected chi connectivity index (χ1v) is 12.7. The van der Waals surface area contributed by atoms with Crippen molar-refractivity contribution in [1.82, 2.24) is 19.7 Å². The highest BCUT2D eigenvalue weighted by Crippen LogP contribution is 2.42. The summed E-state index contributed by atoms with van der Waals surface area (Å²) >= 11 is 6.31. The van der Waals surface area contributed by atoms with Gasteiger partial charge in [-0.2, -0.15) is 0 Å². The number of ether oxygens (including phenoxy) is 2. The Kier molecular flexibility index (Phi) is 7.72. The Morgan fingerprint density at radius 2 is 1.92 bits per heavy atom. The van der Waals surface area contributed by atoms with Crippen LogP contribution in [0.2, 0.25) is 5.02 Å². The molecule has 39 heavy (non-hydrogen) atoms. The van der Waals surface area contributed by atoms with Gasteiger partial charge in [0, 0.05) is 18.0 Å². The number of nitrogens with zero attached hydrogens (tertiary/aromatic N) is 3. The van der Waals surface area contributed by atoms with Gasteiger partial charge in [-0.05, 0) is 58.4 Å². The van der Waals surface area contributed by atoms with Crippen LogP contribution in [0.25, 0.3) is 5.52 Å². The number of methoxy groups -OCH3 is 1. The van der Waals surface area contributed by atoms with Gasteiger partial charge in [0.15, 0.2) is 5.82 Å². The number of carbonyl (C=O) groups is 1. The van der Waals surface area contributed by atoms with E-state index in [0.29, 0.717) is 17.0 Å². The zero-order valence-electron chi connectivity index (χ0n) is 22.5. The lowest BCUT2D eigenvalue weighted by atomic mass is 9.91. The normalized spacial score (nSPS) is 13.8. The van der Waals surface area contributed by atoms with Crippen LogP contribution >= 0.6 is 11.6 Å². The van der Waals surface area contributed by atoms with Crippen LogP contribution in [0.3, 0.4) is 0 Å². The largest absolute Gasteiger partial charge is 0.497 e. The quantitative estimate of drug-likeness (QED) is 0.281. The Morgan fingerprint density at radius 1 is 1.26 bits per heavy atom. The first-order valence-electron chi connectivity index (χ1n) is 12.3. The SMILES string of the molecule is COc1ccc([C@@H](C)NC(=O)c2c(F)c(Cl)cc(C(C)(O)c3nc(C)c4c(N)nccn34)c2OC(C)C)cc1. The van der Waals surface area contributed by atoms with Crippen molar-refractivity contribution in [3.8, 4) is 11.5 Å². The molecule has 0 radical (unpaired) electrons. The van der Waals surface area contributed by atoms with Crippen LogP contribution < -0.4 is 20.5 Å². The molecule has 4 aromatic rings. The second kappa shape index (κ2) is 10.7. The maximum atomic E-state index is 15.6. The van der Waals surface area contributed by atoms with E-state index in [1.807, 2.05) is 0 Å². The maximum absolute atomic E-state index is 15.6. The van der Waals surface area contributed by atoms with E-state index in [4.69, 9.17) is 26.8 Å². The Hall–Kier alpha value is -3.89. The van der Waals surface area contributed by atoms with Gasteiger partial charge in [0.1, 0.15) is 39.8 Å². The van der Waals surface area contributed by atoms with Crippen molar-refractivity contribution >= 4 is 28.8 Å². The van der Waals surface area contributed by atoms with Crippen molar-refractivity contribution < 1.29 is 23.8 Å². The fraction of sp³-hybridized carbons (Fsp3) is 0.321. The number of aryl methyl sites for hydroxylation is 1. The number of carbonyl (C=O) groups excluding carboxylic acids is 1. The summed E-state index contributed by atoms with van der Waals surface area (Å²) in [4.78, 5) is 22.2. The molecule has 206 valence electrons. The molecule has 1 amide bonds. The second-order valence-electron chi connectivity index (χ2n) is 9.68. The van der Waals surface area contributed by atoms with Crippen LogP contribution in [0, 0.1) is 12.7 Å². The van der Waals surface area contributed by atoms with Gasteiger partial charge in [0.05, 0.1) is 30.0 Å². The number of fused-ring (bicyclic) bond motifs is 1. The molecule has 0 aliphatic heterocycles. The van der Waals surface area contributed by atoms with Crippen molar-refractivity contribution in [2.24, 2.45) is 0 Å². The molecule has 2 aromatic carbocycles. The number of hydrogen-bond donors (Lipinski definition) is 3. The number of hydrogen-bond acceptors (Lipinski definition) is 7. The zero-order valence-corrected chi connectivity index (χ0v) is 23.3. The lowest BCUT2D eigenvalue weighted by molar-refractivity contribution is 0.0839. The number of nitrogens with one attached hydrogen (secondary N) is 1. The fourth-order valence-electron chi connectivity index (χ4n) is 4.48. The highest BCUT2D eigenvalue weighted by molar-refractivity contribution is 6.31. The molecule has 0 aliphatic rings. The molecule has 0 saturated carbocycles. The third kappa shape index (κ3) is 5.22. The lowest BCUT2D eigenvalue weighted by Crippen LogP contribution is -2.32. The Morgan fingerprint density at radius 3 is 2.54 bits per heavy atom. The molecule has 0 aliphatic carbocycles. The molecule has 2 heterocycles. The first-order chi connectivity index (χ1) is 18.4. The highest BCUT2D eigenvalue weighted by atomic mass is 35.5. The summed E-state index contributed by atoms with van der Waals surface area (Å²) in [5.41, 5.74) is 5.62. The molecule has 0 fully saturated rings. The third-order valence-corrected chi connectivity index (χ3v) is 6.71. The standard InChI is InChI=1S/C28H31ClFN5O4/c1-14(2)39-24-19(28(5,37)27-34-16(4)23-25(31)32-11-12-35(23)27)13-20(29)22(30)21(24)26(36)33-15(3)17-7-9-18(38-6)10-8-17/h7-15,37H,1-6H3,(H2,31,32)(H,33,36)/t15-,28?/m1/s1. The number of rotatable bonds is 8. The van der Waals surface area contributed by atoms with Gasteiger partial charge in [-0.25, -0.2) is 14.4 Å². The van der Waals surface area contributed by atoms with Crippen LogP contribution in [-0.2, 0) is 5.60 Å². The number of nitrogens with two attached hydrogens (primary N) is 1. The van der Waals surface area contributed by atoms with E-state index in [1.165, 1.54) is 19.2 Å². The smallest absolute Gasteiger partial charge is 0.258 e. The minimum atomic E-state index is -1.89. The summed E-state index contributed by atoms with van der Waals surface area (Å²) in [6, 6.07) is 7.88. The number of nitrogen functional groups attached to an aromatic ring is 1. The molecule has 2 aromatic heterocycles. The highest BCUT2D eigenvalue weighted by Gasteiger charge is 2.39. The van der Waals surface area contributed by atoms with Crippen molar-refractivity contribution in [2.75, 3.05) is 12.8 Å². The molecule has 0 bridgehead atoms. The zero-order chi connectivity index (χ0) is 28.6. The van der Waals surface area contributed by atoms with Gasteiger partial charge in [-0.3, -0.25) is 9.20 Å². The lowest BCUT2D eigenvalue weighted by Gasteiger charge is -2.28. The van der Waals surface area contributed by atoms with Crippen LogP contribution in [0.15, 0.2) is 42.7 Å². The average Bonchev–Trinajstić information content (AvgIpc) is 3.24. The van der Waals surface area contributed by atoms with E-state index in [0.717, 1.165) is 5.56 Å². The number of benzene rings is 2. The summed E-state index contributed by atoms with van der Waals surface area (Å²) in [5.74, 6) is -0.816. The summed E-state index contributed by atoms with van der Waals surface area (Å²) in [6.45, 7) is 8.42. The second-order valence-corrected chi connectivity index (χ2v) is 10.1. The monoisotopic (exact) mass is 555 g/mol. The summed E-state index contributed by atoms with van der Waals surface area (Å²) in [7, 11) is 1.56. The molecule has 11 heteroatoms. The van der Waals surface area contributed by atoms with E-state index in [2.05, 4.69) is 15.3 Å². The van der Waals surface area contributed by atoms with Gasteiger partial charge in [-0.15, -0.1) is 0 Å². The minimum Gasteiger partial charge on any atom is -0.497 e. The van der Waals surface area contributed by atoms with Crippen molar-refractivity contribution in [2.45, 2.75) is 52.4 Å². The minimum absolute atomic E-state index is 0.0622. The van der Waals surface area contributed by atoms with Crippen molar-refractivity contribution in [1.29, 1.82) is 0 Å². The van der Waals surface area contributed by atoms with E-state index < -0.39 is 35.0 Å². The first kappa shape index (κ1) is 28.1. The molecule has 9 nitrogen and oxygen atoms in total. The maximum Gasteiger partial charge on any atom is 0.258 e. The van der Waals surface area contributed by atoms with Crippen LogP contribution in [-0.4, -0.2) is 38.6 Å². The predicted octanol–water partition coefficient (Wildman–Crippen LogP) is 4.96. The molecule has 0 spiro atoms. The average molecular weight is 556 g/mol. The molecule has 4 N–H and O–H groups in total. The number of imidazole rings is 1. The third-order valence-electron chi connectivity index (χ3n) is 6.43. The summed E-state index contributed by atoms with van der Waals surface area (Å²) < 4.78 is 28.4. The van der Waals surface area contributed by atoms with Gasteiger partial charge in [0.2, 0.25) is 0 Å². The van der Waals surface area contributed by atoms with Gasteiger partial charge in [0.25, 0.3) is 5.91 Å². The molecule has 4 rings (SSSR count). The Bertz CT molecular complexity index is 1540. The Balaban J connectivity index is 1.86. The number of aromatic nitrogens is 3. The van der Waals surface area contributed by atoms with Gasteiger partial charge >= 0.3 is 0 Å². The van der Waals surface area contributed by atoms with Crippen molar-refractivity contribution in [3.63, 3.8) is 0 Å². The molecular formula is C28H31ClFN5O4. The number of halogens is 2. The number of anilines is 1. The van der Waals surface area contributed by atoms with Gasteiger partial charge < -0.3 is 25.6 Å². The van der Waals surface area contributed by atoms with E-state index >= 15 is 4.39 Å². The van der Waals surface area contributed by atoms with E-state index in [9.17, 15) is 9.90 Å². The fourth-order valence-corrected chi connectivity index (χ4v) is 4.69. The van der Waals surface area contributed by atoms with Crippen molar-refractivity contribution in [3.05, 3.63) is 81.8 Å². The van der Waals surface area contributed by atoms with Gasteiger partial charge in [-0.1, -0.05) is 23.7 Å². The predicted molar refractivity (Wildman–Crippen MR) is 147 cm³/mol. The Labute approximate surface area is 230 Å². The molecule has 0 saturated heterocycles. The number of amides is 1. The molecule has 2 atom stereocenters. The van der Waals surface area contributed by atoms with Crippen LogP contribution in [0.4, 0.5) is 10.2 Å². The van der Waals surface area contributed by atoms with Crippen LogP contribution in [0.1, 0.15) is 66.7 Å². The van der Waals surface area contributed by atoms with E-state index in [-0.39, 0.29) is 28.0 Å². The number of aliphatic hydroxyl groups is 1. The van der Waals surface area contributed by atoms with Crippen LogP contribution in [0.5, 0.6) is 11.5 Å². The molecular weight excluding hydrogens is 525 g/mol. The molecule has 1 unspecified atom stereocenters. The summed E-state index contributed by atoms with van der Waals surface area (Å²) in [6.07, 6.45) is 2.61.